The second-order valence-corrected chi connectivity index (χ2v) is 8.08. The smallest absolute Gasteiger partial charge is 0.272 e. The zero-order valence-corrected chi connectivity index (χ0v) is 18.0. The van der Waals surface area contributed by atoms with Gasteiger partial charge in [-0.25, -0.2) is 0 Å². The fourth-order valence-corrected chi connectivity index (χ4v) is 3.24. The molecule has 0 fully saturated rings. The third-order valence-corrected chi connectivity index (χ3v) is 5.24. The van der Waals surface area contributed by atoms with Crippen LogP contribution < -0.4 is 11.2 Å². The number of amides is 1. The van der Waals surface area contributed by atoms with Gasteiger partial charge in [-0.15, -0.1) is 10.2 Å². The van der Waals surface area contributed by atoms with Gasteiger partial charge in [0.05, 0.1) is 11.4 Å². The van der Waals surface area contributed by atoms with E-state index in [0.29, 0.717) is 11.4 Å². The summed E-state index contributed by atoms with van der Waals surface area (Å²) in [5.41, 5.74) is 9.26. The van der Waals surface area contributed by atoms with E-state index in [1.165, 1.54) is 0 Å². The molecule has 3 aromatic rings. The van der Waals surface area contributed by atoms with Crippen LogP contribution in [-0.4, -0.2) is 21.7 Å². The molecule has 0 bridgehead atoms. The largest absolute Gasteiger partial charge is 0.491 e. The molecule has 0 aliphatic rings. The standard InChI is InChI=1S/C17H12Br2N6O2S/c18-9-1-5-11(6-2-9)22-24-13(14(20)26)16-21-15(27)17(28-16)25-23-12-7-3-10(19)4-8-12/h1-8,22,27H,(H2,20,26)/b24-13+,25-23?. The summed E-state index contributed by atoms with van der Waals surface area (Å²) < 4.78 is 1.82. The second kappa shape index (κ2) is 9.04. The van der Waals surface area contributed by atoms with Gasteiger partial charge in [0.25, 0.3) is 11.8 Å². The number of hydrogen-bond acceptors (Lipinski definition) is 8. The van der Waals surface area contributed by atoms with Crippen LogP contribution in [0.25, 0.3) is 0 Å². The lowest BCUT2D eigenvalue weighted by atomic mass is 10.3. The molecule has 0 atom stereocenters. The van der Waals surface area contributed by atoms with E-state index >= 15 is 0 Å². The van der Waals surface area contributed by atoms with Crippen molar-refractivity contribution in [2.24, 2.45) is 21.1 Å². The molecular weight excluding hydrogens is 512 g/mol. The van der Waals surface area contributed by atoms with Crippen LogP contribution in [0.15, 0.2) is 72.8 Å². The van der Waals surface area contributed by atoms with E-state index in [-0.39, 0.29) is 21.6 Å². The Kier molecular flexibility index (Phi) is 6.49. The molecule has 1 aromatic heterocycles. The fraction of sp³-hybridized carbons (Fsp3) is 0. The summed E-state index contributed by atoms with van der Waals surface area (Å²) in [5, 5.41) is 22.3. The molecule has 11 heteroatoms. The molecule has 0 aliphatic carbocycles. The van der Waals surface area contributed by atoms with Crippen LogP contribution in [0.5, 0.6) is 5.88 Å². The van der Waals surface area contributed by atoms with Crippen molar-refractivity contribution in [1.82, 2.24) is 4.98 Å². The number of carbonyl (C=O) groups excluding carboxylic acids is 1. The van der Waals surface area contributed by atoms with Crippen molar-refractivity contribution < 1.29 is 9.90 Å². The molecule has 142 valence electrons. The molecule has 0 saturated carbocycles. The number of carbonyl (C=O) groups is 1. The number of aromatic hydroxyl groups is 1. The third kappa shape index (κ3) is 5.21. The van der Waals surface area contributed by atoms with Gasteiger partial charge in [-0.05, 0) is 48.5 Å². The first kappa shape index (κ1) is 20.1. The molecule has 28 heavy (non-hydrogen) atoms. The van der Waals surface area contributed by atoms with Crippen molar-refractivity contribution in [2.45, 2.75) is 0 Å². The molecular formula is C17H12Br2N6O2S. The van der Waals surface area contributed by atoms with Crippen molar-refractivity contribution >= 4 is 71.2 Å². The minimum Gasteiger partial charge on any atom is -0.491 e. The van der Waals surface area contributed by atoms with Gasteiger partial charge in [0.2, 0.25) is 5.00 Å². The number of aromatic nitrogens is 1. The topological polar surface area (TPSA) is 125 Å². The van der Waals surface area contributed by atoms with Gasteiger partial charge in [0.1, 0.15) is 0 Å². The summed E-state index contributed by atoms with van der Waals surface area (Å²) in [6.07, 6.45) is 0. The van der Waals surface area contributed by atoms with E-state index in [4.69, 9.17) is 5.73 Å². The number of halogens is 2. The highest BCUT2D eigenvalue weighted by molar-refractivity contribution is 9.10. The maximum absolute atomic E-state index is 11.8. The number of nitrogens with two attached hydrogens (primary N) is 1. The maximum atomic E-state index is 11.8. The Hall–Kier alpha value is -2.63. The number of nitrogens with one attached hydrogen (secondary N) is 1. The number of thiazole rings is 1. The molecule has 3 rings (SSSR count). The Bertz CT molecular complexity index is 1050. The Balaban J connectivity index is 1.83. The molecule has 0 unspecified atom stereocenters. The van der Waals surface area contributed by atoms with Crippen molar-refractivity contribution in [1.29, 1.82) is 0 Å². The lowest BCUT2D eigenvalue weighted by Gasteiger charge is -2.02. The monoisotopic (exact) mass is 522 g/mol. The highest BCUT2D eigenvalue weighted by Gasteiger charge is 2.19. The lowest BCUT2D eigenvalue weighted by molar-refractivity contribution is -0.111. The molecule has 1 heterocycles. The SMILES string of the molecule is NC(=O)/C(=N\Nc1ccc(Br)cc1)c1nc(O)c(N=Nc2ccc(Br)cc2)s1. The molecule has 8 nitrogen and oxygen atoms in total. The number of nitrogens with zero attached hydrogens (tertiary/aromatic N) is 4. The summed E-state index contributed by atoms with van der Waals surface area (Å²) in [4.78, 5) is 15.7. The van der Waals surface area contributed by atoms with Gasteiger partial charge >= 0.3 is 0 Å². The first-order valence-electron chi connectivity index (χ1n) is 7.69. The van der Waals surface area contributed by atoms with Gasteiger partial charge in [0.15, 0.2) is 10.7 Å². The molecule has 0 aliphatic heterocycles. The van der Waals surface area contributed by atoms with Crippen LogP contribution in [0.2, 0.25) is 0 Å². The lowest BCUT2D eigenvalue weighted by Crippen LogP contribution is -2.25. The maximum Gasteiger partial charge on any atom is 0.272 e. The number of anilines is 1. The van der Waals surface area contributed by atoms with E-state index in [2.05, 4.69) is 57.6 Å². The first-order chi connectivity index (χ1) is 13.4. The zero-order valence-electron chi connectivity index (χ0n) is 14.0. The van der Waals surface area contributed by atoms with Crippen molar-refractivity contribution in [3.8, 4) is 5.88 Å². The summed E-state index contributed by atoms with van der Waals surface area (Å²) in [6.45, 7) is 0. The van der Waals surface area contributed by atoms with Crippen molar-refractivity contribution in [3.05, 3.63) is 62.5 Å². The highest BCUT2D eigenvalue weighted by atomic mass is 79.9. The molecule has 0 spiro atoms. The van der Waals surface area contributed by atoms with Gasteiger partial charge < -0.3 is 10.8 Å². The Morgan fingerprint density at radius 2 is 1.64 bits per heavy atom. The van der Waals surface area contributed by atoms with E-state index in [0.717, 1.165) is 20.3 Å². The highest BCUT2D eigenvalue weighted by Crippen LogP contribution is 2.35. The van der Waals surface area contributed by atoms with Gasteiger partial charge in [0, 0.05) is 8.95 Å². The predicted molar refractivity (Wildman–Crippen MR) is 116 cm³/mol. The van der Waals surface area contributed by atoms with Crippen LogP contribution >= 0.6 is 43.2 Å². The number of rotatable bonds is 6. The molecule has 2 aromatic carbocycles. The van der Waals surface area contributed by atoms with E-state index in [1.54, 1.807) is 24.3 Å². The Morgan fingerprint density at radius 1 is 1.04 bits per heavy atom. The number of azo groups is 1. The predicted octanol–water partition coefficient (Wildman–Crippen LogP) is 5.09. The molecule has 4 N–H and O–H groups in total. The van der Waals surface area contributed by atoms with Gasteiger partial charge in [-0.3, -0.25) is 10.2 Å². The molecule has 1 amide bonds. The van der Waals surface area contributed by atoms with Gasteiger partial charge in [-0.2, -0.15) is 10.1 Å². The molecule has 0 radical (unpaired) electrons. The van der Waals surface area contributed by atoms with Crippen molar-refractivity contribution in [3.63, 3.8) is 0 Å². The van der Waals surface area contributed by atoms with Crippen LogP contribution in [0, 0.1) is 0 Å². The van der Waals surface area contributed by atoms with Crippen LogP contribution in [0.4, 0.5) is 16.4 Å². The van der Waals surface area contributed by atoms with Gasteiger partial charge in [-0.1, -0.05) is 43.2 Å². The van der Waals surface area contributed by atoms with Crippen LogP contribution in [-0.2, 0) is 4.79 Å². The normalized spacial score (nSPS) is 11.7. The molecule has 0 saturated heterocycles. The average Bonchev–Trinajstić information content (AvgIpc) is 3.03. The summed E-state index contributed by atoms with van der Waals surface area (Å²) in [5.74, 6) is -1.16. The minimum absolute atomic E-state index is 0.124. The zero-order chi connectivity index (χ0) is 20.1. The van der Waals surface area contributed by atoms with E-state index in [9.17, 15) is 9.90 Å². The number of hydrogen-bond donors (Lipinski definition) is 3. The first-order valence-corrected chi connectivity index (χ1v) is 10.1. The Morgan fingerprint density at radius 3 is 2.25 bits per heavy atom. The second-order valence-electron chi connectivity index (χ2n) is 5.27. The van der Waals surface area contributed by atoms with Crippen LogP contribution in [0.3, 0.4) is 0 Å². The number of benzene rings is 2. The average molecular weight is 524 g/mol. The van der Waals surface area contributed by atoms with E-state index in [1.807, 2.05) is 24.3 Å². The number of hydrazone groups is 1. The minimum atomic E-state index is -0.797. The third-order valence-electron chi connectivity index (χ3n) is 3.25. The summed E-state index contributed by atoms with van der Waals surface area (Å²) >= 11 is 7.62. The summed E-state index contributed by atoms with van der Waals surface area (Å²) in [6, 6.07) is 14.3. The Labute approximate surface area is 180 Å². The number of primary amides is 1. The fourth-order valence-electron chi connectivity index (χ4n) is 1.93. The quantitative estimate of drug-likeness (QED) is 0.236. The van der Waals surface area contributed by atoms with Crippen LogP contribution in [0.1, 0.15) is 5.01 Å². The van der Waals surface area contributed by atoms with E-state index < -0.39 is 5.91 Å². The van der Waals surface area contributed by atoms with Crippen molar-refractivity contribution in [2.75, 3.05) is 5.43 Å². The summed E-state index contributed by atoms with van der Waals surface area (Å²) in [7, 11) is 0.